The minimum atomic E-state index is -0.165. The van der Waals surface area contributed by atoms with Crippen LogP contribution in [-0.4, -0.2) is 61.0 Å². The van der Waals surface area contributed by atoms with Crippen molar-refractivity contribution in [1.29, 1.82) is 0 Å². The number of hydrogen-bond donors (Lipinski definition) is 0. The van der Waals surface area contributed by atoms with Gasteiger partial charge in [0.25, 0.3) is 0 Å². The lowest BCUT2D eigenvalue weighted by Gasteiger charge is -2.50. The van der Waals surface area contributed by atoms with Crippen LogP contribution in [0, 0.1) is 5.41 Å². The first-order chi connectivity index (χ1) is 12.6. The maximum atomic E-state index is 13.1. The summed E-state index contributed by atoms with van der Waals surface area (Å²) in [6.45, 7) is 3.08. The molecule has 1 amide bonds. The van der Waals surface area contributed by atoms with Crippen LogP contribution in [0.15, 0.2) is 30.3 Å². The van der Waals surface area contributed by atoms with Gasteiger partial charge in [0, 0.05) is 12.6 Å². The lowest BCUT2D eigenvalue weighted by atomic mass is 9.67. The largest absolute Gasteiger partial charge is 0.468 e. The molecule has 5 heteroatoms. The van der Waals surface area contributed by atoms with E-state index in [2.05, 4.69) is 21.9 Å². The molecule has 2 heterocycles. The van der Waals surface area contributed by atoms with Gasteiger partial charge in [-0.15, -0.1) is 0 Å². The summed E-state index contributed by atoms with van der Waals surface area (Å²) in [5.41, 5.74) is 1.34. The maximum Gasteiger partial charge on any atom is 0.319 e. The van der Waals surface area contributed by atoms with Crippen molar-refractivity contribution >= 4 is 11.9 Å². The Kier molecular flexibility index (Phi) is 4.74. The van der Waals surface area contributed by atoms with E-state index in [1.54, 1.807) is 0 Å². The third-order valence-corrected chi connectivity index (χ3v) is 6.41. The van der Waals surface area contributed by atoms with Gasteiger partial charge in [-0.1, -0.05) is 30.3 Å². The fourth-order valence-corrected chi connectivity index (χ4v) is 4.66. The second kappa shape index (κ2) is 7.03. The molecule has 1 aromatic rings. The molecule has 3 fully saturated rings. The van der Waals surface area contributed by atoms with Crippen molar-refractivity contribution in [3.63, 3.8) is 0 Å². The van der Waals surface area contributed by atoms with Crippen LogP contribution in [0.4, 0.5) is 0 Å². The highest BCUT2D eigenvalue weighted by molar-refractivity contribution is 5.85. The van der Waals surface area contributed by atoms with Gasteiger partial charge in [0.2, 0.25) is 5.91 Å². The van der Waals surface area contributed by atoms with Crippen LogP contribution in [0.3, 0.4) is 0 Å². The molecule has 140 valence electrons. The fraction of sp³-hybridized carbons (Fsp3) is 0.619. The predicted octanol–water partition coefficient (Wildman–Crippen LogP) is 2.42. The summed E-state index contributed by atoms with van der Waals surface area (Å²) >= 11 is 0. The maximum absolute atomic E-state index is 13.1. The van der Waals surface area contributed by atoms with Gasteiger partial charge in [0.15, 0.2) is 0 Å². The normalized spacial score (nSPS) is 26.1. The van der Waals surface area contributed by atoms with E-state index >= 15 is 0 Å². The van der Waals surface area contributed by atoms with E-state index in [1.165, 1.54) is 7.11 Å². The highest BCUT2D eigenvalue weighted by atomic mass is 16.5. The number of piperidine rings is 2. The molecule has 1 aromatic carbocycles. The second-order valence-corrected chi connectivity index (χ2v) is 8.22. The van der Waals surface area contributed by atoms with Crippen LogP contribution in [0.2, 0.25) is 0 Å². The van der Waals surface area contributed by atoms with Crippen LogP contribution in [0.5, 0.6) is 0 Å². The zero-order valence-electron chi connectivity index (χ0n) is 15.5. The molecule has 4 rings (SSSR count). The first-order valence-electron chi connectivity index (χ1n) is 9.75. The Balaban J connectivity index is 1.51. The molecule has 1 atom stereocenters. The molecule has 1 spiro atoms. The average Bonchev–Trinajstić information content (AvgIpc) is 3.51. The predicted molar refractivity (Wildman–Crippen MR) is 98.7 cm³/mol. The summed E-state index contributed by atoms with van der Waals surface area (Å²) < 4.78 is 4.80. The Hall–Kier alpha value is -1.88. The summed E-state index contributed by atoms with van der Waals surface area (Å²) in [6.07, 6.45) is 5.33. The lowest BCUT2D eigenvalue weighted by Crippen LogP contribution is -2.55. The number of benzene rings is 1. The molecule has 0 bridgehead atoms. The van der Waals surface area contributed by atoms with Crippen LogP contribution >= 0.6 is 0 Å². The second-order valence-electron chi connectivity index (χ2n) is 8.22. The van der Waals surface area contributed by atoms with E-state index in [-0.39, 0.29) is 17.3 Å². The third kappa shape index (κ3) is 3.50. The van der Waals surface area contributed by atoms with Crippen molar-refractivity contribution in [2.45, 2.75) is 44.1 Å². The van der Waals surface area contributed by atoms with Crippen LogP contribution in [0.1, 0.15) is 43.6 Å². The molecule has 0 aromatic heterocycles. The van der Waals surface area contributed by atoms with Crippen molar-refractivity contribution in [2.24, 2.45) is 5.41 Å². The van der Waals surface area contributed by atoms with Crippen molar-refractivity contribution in [3.05, 3.63) is 35.9 Å². The topological polar surface area (TPSA) is 49.9 Å². The average molecular weight is 356 g/mol. The van der Waals surface area contributed by atoms with Gasteiger partial charge in [-0.2, -0.15) is 0 Å². The molecular formula is C21H28N2O3. The van der Waals surface area contributed by atoms with Crippen LogP contribution in [-0.2, 0) is 14.3 Å². The number of carbonyl (C=O) groups is 2. The molecule has 2 saturated heterocycles. The van der Waals surface area contributed by atoms with Gasteiger partial charge in [-0.05, 0) is 56.2 Å². The molecule has 1 aliphatic carbocycles. The number of methoxy groups -OCH3 is 1. The SMILES string of the molecule is COC(=O)CN1CCC2(CC1)CC(c1ccccc1)C(=O)N(C1CC1)C2. The Bertz CT molecular complexity index is 663. The van der Waals surface area contributed by atoms with Gasteiger partial charge in [-0.3, -0.25) is 14.5 Å². The van der Waals surface area contributed by atoms with E-state index in [4.69, 9.17) is 4.74 Å². The molecule has 2 aliphatic heterocycles. The van der Waals surface area contributed by atoms with Gasteiger partial charge < -0.3 is 9.64 Å². The zero-order valence-corrected chi connectivity index (χ0v) is 15.5. The zero-order chi connectivity index (χ0) is 18.1. The number of ether oxygens (including phenoxy) is 1. The first-order valence-corrected chi connectivity index (χ1v) is 9.75. The van der Waals surface area contributed by atoms with Crippen LogP contribution in [0.25, 0.3) is 0 Å². The van der Waals surface area contributed by atoms with Crippen molar-refractivity contribution < 1.29 is 14.3 Å². The molecule has 5 nitrogen and oxygen atoms in total. The van der Waals surface area contributed by atoms with Crippen LogP contribution < -0.4 is 0 Å². The molecule has 0 N–H and O–H groups in total. The first kappa shape index (κ1) is 17.5. The number of rotatable bonds is 4. The number of nitrogens with zero attached hydrogens (tertiary/aromatic N) is 2. The minimum Gasteiger partial charge on any atom is -0.468 e. The summed E-state index contributed by atoms with van der Waals surface area (Å²) in [4.78, 5) is 29.1. The smallest absolute Gasteiger partial charge is 0.319 e. The molecule has 1 unspecified atom stereocenters. The molecular weight excluding hydrogens is 328 g/mol. The van der Waals surface area contributed by atoms with E-state index in [0.29, 0.717) is 18.5 Å². The molecule has 26 heavy (non-hydrogen) atoms. The molecule has 3 aliphatic rings. The number of esters is 1. The third-order valence-electron chi connectivity index (χ3n) is 6.41. The van der Waals surface area contributed by atoms with Crippen molar-refractivity contribution in [2.75, 3.05) is 33.3 Å². The highest BCUT2D eigenvalue weighted by Gasteiger charge is 2.49. The van der Waals surface area contributed by atoms with Gasteiger partial charge in [0.05, 0.1) is 19.6 Å². The quantitative estimate of drug-likeness (QED) is 0.778. The number of likely N-dealkylation sites (tertiary alicyclic amines) is 2. The number of hydrogen-bond acceptors (Lipinski definition) is 4. The Labute approximate surface area is 155 Å². The van der Waals surface area contributed by atoms with Crippen molar-refractivity contribution in [1.82, 2.24) is 9.80 Å². The summed E-state index contributed by atoms with van der Waals surface area (Å²) in [7, 11) is 1.44. The summed E-state index contributed by atoms with van der Waals surface area (Å²) in [5.74, 6) is 0.139. The van der Waals surface area contributed by atoms with E-state index in [9.17, 15) is 9.59 Å². The Morgan fingerprint density at radius 1 is 1.19 bits per heavy atom. The molecule has 1 saturated carbocycles. The summed E-state index contributed by atoms with van der Waals surface area (Å²) in [5, 5.41) is 0. The Morgan fingerprint density at radius 3 is 2.50 bits per heavy atom. The number of carbonyl (C=O) groups excluding carboxylic acids is 2. The van der Waals surface area contributed by atoms with Gasteiger partial charge in [-0.25, -0.2) is 0 Å². The van der Waals surface area contributed by atoms with Crippen molar-refractivity contribution in [3.8, 4) is 0 Å². The Morgan fingerprint density at radius 2 is 1.88 bits per heavy atom. The van der Waals surface area contributed by atoms with Gasteiger partial charge >= 0.3 is 5.97 Å². The highest BCUT2D eigenvalue weighted by Crippen LogP contribution is 2.48. The van der Waals surface area contributed by atoms with E-state index in [1.807, 2.05) is 18.2 Å². The monoisotopic (exact) mass is 356 g/mol. The molecule has 0 radical (unpaired) electrons. The fourth-order valence-electron chi connectivity index (χ4n) is 4.66. The standard InChI is InChI=1S/C21H28N2O3/c1-26-19(24)14-22-11-9-21(10-12-22)13-18(16-5-3-2-4-6-16)20(25)23(15-21)17-7-8-17/h2-6,17-18H,7-15H2,1H3. The summed E-state index contributed by atoms with van der Waals surface area (Å²) in [6, 6.07) is 10.7. The van der Waals surface area contributed by atoms with E-state index < -0.39 is 0 Å². The lowest BCUT2D eigenvalue weighted by molar-refractivity contribution is -0.144. The van der Waals surface area contributed by atoms with Gasteiger partial charge in [0.1, 0.15) is 0 Å². The number of amides is 1. The van der Waals surface area contributed by atoms with E-state index in [0.717, 1.165) is 57.3 Å². The minimum absolute atomic E-state index is 0.0160.